The van der Waals surface area contributed by atoms with Crippen LogP contribution in [0.2, 0.25) is 0 Å². The predicted octanol–water partition coefficient (Wildman–Crippen LogP) is 3.77. The molecule has 1 aromatic carbocycles. The topological polar surface area (TPSA) is 89.0 Å². The van der Waals surface area contributed by atoms with Crippen molar-refractivity contribution in [3.8, 4) is 11.5 Å². The molecule has 0 bridgehead atoms. The van der Waals surface area contributed by atoms with Crippen molar-refractivity contribution in [3.05, 3.63) is 35.3 Å². The van der Waals surface area contributed by atoms with E-state index < -0.39 is 12.1 Å². The van der Waals surface area contributed by atoms with Crippen molar-refractivity contribution in [2.24, 2.45) is 0 Å². The molecule has 0 spiro atoms. The van der Waals surface area contributed by atoms with E-state index in [1.807, 2.05) is 5.38 Å². The second kappa shape index (κ2) is 9.05. The molecular weight excluding hydrogens is 380 g/mol. The maximum absolute atomic E-state index is 13.1. The van der Waals surface area contributed by atoms with E-state index in [9.17, 15) is 14.7 Å². The second-order valence-corrected chi connectivity index (χ2v) is 7.62. The second-order valence-electron chi connectivity index (χ2n) is 6.75. The first-order valence-electron chi connectivity index (χ1n) is 9.31. The Hall–Kier alpha value is -2.61. The van der Waals surface area contributed by atoms with Crippen LogP contribution in [0.1, 0.15) is 49.4 Å². The molecule has 7 nitrogen and oxygen atoms in total. The van der Waals surface area contributed by atoms with Gasteiger partial charge in [0.15, 0.2) is 11.2 Å². The van der Waals surface area contributed by atoms with Crippen LogP contribution in [0, 0.1) is 0 Å². The lowest BCUT2D eigenvalue weighted by atomic mass is 9.94. The van der Waals surface area contributed by atoms with Gasteiger partial charge in [-0.15, -0.1) is 11.3 Å². The zero-order valence-electron chi connectivity index (χ0n) is 16.0. The van der Waals surface area contributed by atoms with Gasteiger partial charge in [-0.3, -0.25) is 9.69 Å². The number of nitrogens with zero attached hydrogens (tertiary/aromatic N) is 2. The number of hydrogen-bond acceptors (Lipinski definition) is 7. The Balaban J connectivity index is 1.77. The van der Waals surface area contributed by atoms with Gasteiger partial charge in [0.2, 0.25) is 0 Å². The maximum Gasteiger partial charge on any atom is 0.342 e. The van der Waals surface area contributed by atoms with E-state index in [4.69, 9.17) is 9.47 Å². The molecule has 1 saturated carbocycles. The molecule has 1 amide bonds. The van der Waals surface area contributed by atoms with Crippen LogP contribution in [0.25, 0.3) is 0 Å². The number of amides is 1. The number of carbonyl (C=O) groups excluding carboxylic acids is 2. The number of carbonyl (C=O) groups is 2. The number of ether oxygens (including phenoxy) is 2. The molecule has 1 fully saturated rings. The number of rotatable bonds is 6. The van der Waals surface area contributed by atoms with Gasteiger partial charge < -0.3 is 14.6 Å². The summed E-state index contributed by atoms with van der Waals surface area (Å²) in [4.78, 5) is 31.6. The lowest BCUT2D eigenvalue weighted by molar-refractivity contribution is -0.127. The fourth-order valence-electron chi connectivity index (χ4n) is 3.38. The monoisotopic (exact) mass is 404 g/mol. The summed E-state index contributed by atoms with van der Waals surface area (Å²) in [6.07, 6.45) is 5.75. The highest BCUT2D eigenvalue weighted by Crippen LogP contribution is 2.30. The Bertz CT molecular complexity index is 818. The first kappa shape index (κ1) is 20.1. The van der Waals surface area contributed by atoms with Gasteiger partial charge in [0.05, 0.1) is 7.11 Å². The van der Waals surface area contributed by atoms with E-state index in [2.05, 4.69) is 4.98 Å². The third-order valence-corrected chi connectivity index (χ3v) is 5.63. The zero-order chi connectivity index (χ0) is 20.1. The van der Waals surface area contributed by atoms with Crippen molar-refractivity contribution in [2.75, 3.05) is 12.0 Å². The quantitative estimate of drug-likeness (QED) is 0.737. The number of esters is 1. The van der Waals surface area contributed by atoms with Crippen LogP contribution in [0.3, 0.4) is 0 Å². The SMILES string of the molecule is COc1ccc(O)c(C(=O)OC(C)C(=O)N(c2nccs2)C2CCCCC2)c1. The van der Waals surface area contributed by atoms with Crippen molar-refractivity contribution in [2.45, 2.75) is 51.2 Å². The van der Waals surface area contributed by atoms with Gasteiger partial charge in [-0.25, -0.2) is 9.78 Å². The van der Waals surface area contributed by atoms with Gasteiger partial charge in [0, 0.05) is 17.6 Å². The highest BCUT2D eigenvalue weighted by Gasteiger charge is 2.33. The number of benzene rings is 1. The van der Waals surface area contributed by atoms with Crippen LogP contribution in [0.5, 0.6) is 11.5 Å². The summed E-state index contributed by atoms with van der Waals surface area (Å²) in [6, 6.07) is 4.33. The summed E-state index contributed by atoms with van der Waals surface area (Å²) in [5, 5.41) is 12.4. The molecule has 2 aromatic rings. The lowest BCUT2D eigenvalue weighted by Gasteiger charge is -2.33. The van der Waals surface area contributed by atoms with Crippen molar-refractivity contribution in [1.82, 2.24) is 4.98 Å². The molecule has 150 valence electrons. The summed E-state index contributed by atoms with van der Waals surface area (Å²) in [5.41, 5.74) is -0.0440. The Morgan fingerprint density at radius 1 is 1.29 bits per heavy atom. The molecule has 1 aliphatic rings. The molecule has 8 heteroatoms. The van der Waals surface area contributed by atoms with Crippen LogP contribution in [-0.2, 0) is 9.53 Å². The normalized spacial score (nSPS) is 15.6. The third kappa shape index (κ3) is 4.44. The summed E-state index contributed by atoms with van der Waals surface area (Å²) in [7, 11) is 1.46. The minimum absolute atomic E-state index is 0.0440. The summed E-state index contributed by atoms with van der Waals surface area (Å²) < 4.78 is 10.5. The number of hydrogen-bond donors (Lipinski definition) is 1. The summed E-state index contributed by atoms with van der Waals surface area (Å²) in [5.74, 6) is -0.901. The van der Waals surface area contributed by atoms with E-state index in [0.717, 1.165) is 32.1 Å². The molecule has 0 aliphatic heterocycles. The van der Waals surface area contributed by atoms with Crippen molar-refractivity contribution in [3.63, 3.8) is 0 Å². The number of phenols is 1. The molecule has 1 atom stereocenters. The van der Waals surface area contributed by atoms with Gasteiger partial charge in [0.25, 0.3) is 5.91 Å². The minimum Gasteiger partial charge on any atom is -0.507 e. The first-order chi connectivity index (χ1) is 13.5. The van der Waals surface area contributed by atoms with E-state index >= 15 is 0 Å². The van der Waals surface area contributed by atoms with Crippen LogP contribution in [-0.4, -0.2) is 41.2 Å². The Morgan fingerprint density at radius 2 is 2.04 bits per heavy atom. The predicted molar refractivity (Wildman–Crippen MR) is 106 cm³/mol. The van der Waals surface area contributed by atoms with E-state index in [0.29, 0.717) is 10.9 Å². The Labute approximate surface area is 167 Å². The van der Waals surface area contributed by atoms with Gasteiger partial charge in [0.1, 0.15) is 17.1 Å². The Kier molecular flexibility index (Phi) is 6.51. The molecule has 28 heavy (non-hydrogen) atoms. The van der Waals surface area contributed by atoms with Crippen LogP contribution >= 0.6 is 11.3 Å². The molecular formula is C20H24N2O5S. The molecule has 1 heterocycles. The number of aromatic hydroxyl groups is 1. The summed E-state index contributed by atoms with van der Waals surface area (Å²) in [6.45, 7) is 1.54. The van der Waals surface area contributed by atoms with Crippen LogP contribution in [0.4, 0.5) is 5.13 Å². The number of anilines is 1. The molecule has 0 radical (unpaired) electrons. The number of thiazole rings is 1. The fraction of sp³-hybridized carbons (Fsp3) is 0.450. The largest absolute Gasteiger partial charge is 0.507 e. The van der Waals surface area contributed by atoms with Crippen molar-refractivity contribution in [1.29, 1.82) is 0 Å². The van der Waals surface area contributed by atoms with Gasteiger partial charge in [-0.05, 0) is 38.0 Å². The molecule has 1 aliphatic carbocycles. The molecule has 1 N–H and O–H groups in total. The van der Waals surface area contributed by atoms with Gasteiger partial charge >= 0.3 is 5.97 Å². The highest BCUT2D eigenvalue weighted by molar-refractivity contribution is 7.13. The molecule has 3 rings (SSSR count). The number of aromatic nitrogens is 1. The number of methoxy groups -OCH3 is 1. The minimum atomic E-state index is -1.01. The third-order valence-electron chi connectivity index (χ3n) is 4.86. The van der Waals surface area contributed by atoms with E-state index in [-0.39, 0.29) is 23.3 Å². The van der Waals surface area contributed by atoms with Crippen molar-refractivity contribution >= 4 is 28.3 Å². The van der Waals surface area contributed by atoms with E-state index in [1.165, 1.54) is 36.6 Å². The van der Waals surface area contributed by atoms with Gasteiger partial charge in [-0.2, -0.15) is 0 Å². The maximum atomic E-state index is 13.1. The lowest BCUT2D eigenvalue weighted by Crippen LogP contribution is -2.47. The standard InChI is InChI=1S/C20H24N2O5S/c1-13(27-19(25)16-12-15(26-2)8-9-17(16)23)18(24)22(20-21-10-11-28-20)14-6-4-3-5-7-14/h8-14,23H,3-7H2,1-2H3. The average Bonchev–Trinajstić information content (AvgIpc) is 3.23. The summed E-state index contributed by atoms with van der Waals surface area (Å²) >= 11 is 1.39. The van der Waals surface area contributed by atoms with Gasteiger partial charge in [-0.1, -0.05) is 19.3 Å². The molecule has 1 unspecified atom stereocenters. The van der Waals surface area contributed by atoms with Crippen LogP contribution in [0.15, 0.2) is 29.8 Å². The fourth-order valence-corrected chi connectivity index (χ4v) is 4.10. The zero-order valence-corrected chi connectivity index (χ0v) is 16.8. The highest BCUT2D eigenvalue weighted by atomic mass is 32.1. The van der Waals surface area contributed by atoms with Crippen molar-refractivity contribution < 1.29 is 24.2 Å². The van der Waals surface area contributed by atoms with Crippen LogP contribution < -0.4 is 9.64 Å². The molecule has 1 aromatic heterocycles. The number of phenolic OH excluding ortho intramolecular Hbond substituents is 1. The molecule has 0 saturated heterocycles. The smallest absolute Gasteiger partial charge is 0.342 e. The van der Waals surface area contributed by atoms with E-state index in [1.54, 1.807) is 18.0 Å². The Morgan fingerprint density at radius 3 is 2.68 bits per heavy atom. The first-order valence-corrected chi connectivity index (χ1v) is 10.2. The average molecular weight is 404 g/mol.